The molecule has 2 nitrogen and oxygen atoms in total. The Bertz CT molecular complexity index is 289. The molecule has 0 radical (unpaired) electrons. The Kier molecular flexibility index (Phi) is 3.24. The Balaban J connectivity index is 2.68. The largest absolute Gasteiger partial charge is 0.452 e. The summed E-state index contributed by atoms with van der Waals surface area (Å²) in [5.41, 5.74) is 0. The van der Waals surface area contributed by atoms with Gasteiger partial charge in [-0.3, -0.25) is 0 Å². The van der Waals surface area contributed by atoms with E-state index < -0.39 is 12.8 Å². The predicted octanol–water partition coefficient (Wildman–Crippen LogP) is 2.73. The summed E-state index contributed by atoms with van der Waals surface area (Å²) in [5.74, 6) is 0.0651. The lowest BCUT2D eigenvalue weighted by Crippen LogP contribution is -2.19. The molecule has 1 unspecified atom stereocenters. The van der Waals surface area contributed by atoms with E-state index in [2.05, 4.69) is 20.7 Å². The molecule has 0 saturated carbocycles. The average Bonchev–Trinajstić information content (AvgIpc) is 2.30. The highest BCUT2D eigenvalue weighted by Crippen LogP contribution is 2.27. The van der Waals surface area contributed by atoms with Gasteiger partial charge in [0.2, 0.25) is 0 Å². The minimum atomic E-state index is -3.13. The molecule has 6 heteroatoms. The van der Waals surface area contributed by atoms with E-state index in [0.29, 0.717) is 4.47 Å². The maximum atomic E-state index is 12.4. The summed E-state index contributed by atoms with van der Waals surface area (Å²) in [6.07, 6.45) is -2.74. The second kappa shape index (κ2) is 4.04. The van der Waals surface area contributed by atoms with Crippen molar-refractivity contribution in [3.05, 3.63) is 16.9 Å². The van der Waals surface area contributed by atoms with Crippen LogP contribution in [0.5, 0.6) is 5.75 Å². The van der Waals surface area contributed by atoms with Gasteiger partial charge in [-0.25, -0.2) is 8.78 Å². The molecule has 0 aliphatic rings. The maximum Gasteiger partial charge on any atom is 0.304 e. The molecule has 0 aliphatic heterocycles. The van der Waals surface area contributed by atoms with Crippen molar-refractivity contribution in [1.82, 2.24) is 4.57 Å². The molecule has 0 spiro atoms. The number of halogens is 4. The lowest BCUT2D eigenvalue weighted by molar-refractivity contribution is -0.0672. The molecule has 1 rings (SSSR count). The first-order valence-corrected chi connectivity index (χ1v) is 4.20. The number of alkyl halides is 3. The van der Waals surface area contributed by atoms with Crippen LogP contribution >= 0.6 is 15.9 Å². The monoisotopic (exact) mass is 257 g/mol. The topological polar surface area (TPSA) is 14.2 Å². The molecule has 1 aromatic rings. The summed E-state index contributed by atoms with van der Waals surface area (Å²) < 4.78 is 42.2. The van der Waals surface area contributed by atoms with E-state index in [1.807, 2.05) is 0 Å². The van der Waals surface area contributed by atoms with Crippen LogP contribution in [0.3, 0.4) is 0 Å². The van der Waals surface area contributed by atoms with Gasteiger partial charge in [0.05, 0.1) is 4.47 Å². The highest BCUT2D eigenvalue weighted by atomic mass is 79.9. The Hall–Kier alpha value is -0.650. The molecule has 0 amide bonds. The molecule has 0 saturated heterocycles. The van der Waals surface area contributed by atoms with Crippen LogP contribution in [0.15, 0.2) is 16.9 Å². The van der Waals surface area contributed by atoms with Crippen LogP contribution in [0.2, 0.25) is 0 Å². The summed E-state index contributed by atoms with van der Waals surface area (Å²) in [6, 6.07) is 0. The molecule has 74 valence electrons. The van der Waals surface area contributed by atoms with Gasteiger partial charge in [-0.15, -0.1) is 0 Å². The van der Waals surface area contributed by atoms with Gasteiger partial charge < -0.3 is 9.30 Å². The van der Waals surface area contributed by atoms with Gasteiger partial charge in [-0.1, -0.05) is 0 Å². The molecular weight excluding hydrogens is 251 g/mol. The average molecular weight is 258 g/mol. The smallest absolute Gasteiger partial charge is 0.304 e. The fourth-order valence-corrected chi connectivity index (χ4v) is 1.30. The van der Waals surface area contributed by atoms with E-state index in [-0.39, 0.29) is 5.75 Å². The molecule has 0 fully saturated rings. The van der Waals surface area contributed by atoms with Crippen molar-refractivity contribution in [3.8, 4) is 5.75 Å². The standard InChI is InChI=1S/C7H7BrF3NO/c1-12-2-4(8)5(3-12)13-7(11)6(9)10/h2-3,6-7H,1H3. The molecule has 1 atom stereocenters. The third-order valence-electron chi connectivity index (χ3n) is 1.31. The van der Waals surface area contributed by atoms with Crippen LogP contribution in [-0.2, 0) is 7.05 Å². The lowest BCUT2D eigenvalue weighted by Gasteiger charge is -2.08. The van der Waals surface area contributed by atoms with E-state index in [1.165, 1.54) is 6.20 Å². The SMILES string of the molecule is Cn1cc(Br)c(OC(F)C(F)F)c1. The van der Waals surface area contributed by atoms with Crippen LogP contribution in [0.25, 0.3) is 0 Å². The molecule has 0 N–H and O–H groups in total. The van der Waals surface area contributed by atoms with Crippen LogP contribution in [0.1, 0.15) is 0 Å². The zero-order valence-electron chi connectivity index (χ0n) is 6.68. The second-order valence-corrected chi connectivity index (χ2v) is 3.29. The zero-order chi connectivity index (χ0) is 10.0. The third kappa shape index (κ3) is 2.65. The van der Waals surface area contributed by atoms with Crippen molar-refractivity contribution in [1.29, 1.82) is 0 Å². The first kappa shape index (κ1) is 10.4. The van der Waals surface area contributed by atoms with Crippen molar-refractivity contribution < 1.29 is 17.9 Å². The van der Waals surface area contributed by atoms with Crippen molar-refractivity contribution in [2.75, 3.05) is 0 Å². The normalized spacial score (nSPS) is 13.4. The first-order valence-electron chi connectivity index (χ1n) is 3.41. The quantitative estimate of drug-likeness (QED) is 0.813. The fourth-order valence-electron chi connectivity index (χ4n) is 0.786. The van der Waals surface area contributed by atoms with Crippen LogP contribution in [0.4, 0.5) is 13.2 Å². The Morgan fingerprint density at radius 2 is 2.00 bits per heavy atom. The van der Waals surface area contributed by atoms with Gasteiger partial charge in [-0.2, -0.15) is 4.39 Å². The van der Waals surface area contributed by atoms with Gasteiger partial charge >= 0.3 is 6.43 Å². The number of nitrogens with zero attached hydrogens (tertiary/aromatic N) is 1. The summed E-state index contributed by atoms with van der Waals surface area (Å²) in [4.78, 5) is 0. The Morgan fingerprint density at radius 3 is 2.38 bits per heavy atom. The van der Waals surface area contributed by atoms with Gasteiger partial charge in [0, 0.05) is 19.4 Å². The summed E-state index contributed by atoms with van der Waals surface area (Å²) in [7, 11) is 1.67. The number of aromatic nitrogens is 1. The molecule has 0 bridgehead atoms. The van der Waals surface area contributed by atoms with Crippen molar-refractivity contribution >= 4 is 15.9 Å². The van der Waals surface area contributed by atoms with Crippen LogP contribution in [-0.4, -0.2) is 17.4 Å². The van der Waals surface area contributed by atoms with Crippen molar-refractivity contribution in [2.45, 2.75) is 12.8 Å². The first-order chi connectivity index (χ1) is 6.00. The number of hydrogen-bond donors (Lipinski definition) is 0. The van der Waals surface area contributed by atoms with Gasteiger partial charge in [-0.05, 0) is 15.9 Å². The van der Waals surface area contributed by atoms with Gasteiger partial charge in [0.1, 0.15) is 0 Å². The molecular formula is C7H7BrF3NO. The van der Waals surface area contributed by atoms with Crippen LogP contribution in [0, 0.1) is 0 Å². The van der Waals surface area contributed by atoms with Crippen LogP contribution < -0.4 is 4.74 Å². The fraction of sp³-hybridized carbons (Fsp3) is 0.429. The lowest BCUT2D eigenvalue weighted by atomic mass is 10.6. The molecule has 13 heavy (non-hydrogen) atoms. The van der Waals surface area contributed by atoms with E-state index >= 15 is 0 Å². The van der Waals surface area contributed by atoms with E-state index in [1.54, 1.807) is 17.8 Å². The van der Waals surface area contributed by atoms with Crippen molar-refractivity contribution in [2.24, 2.45) is 7.05 Å². The minimum Gasteiger partial charge on any atom is -0.452 e. The van der Waals surface area contributed by atoms with Gasteiger partial charge in [0.25, 0.3) is 6.36 Å². The summed E-state index contributed by atoms with van der Waals surface area (Å²) in [6.45, 7) is 0. The molecule has 0 aliphatic carbocycles. The van der Waals surface area contributed by atoms with E-state index in [4.69, 9.17) is 0 Å². The number of aryl methyl sites for hydroxylation is 1. The van der Waals surface area contributed by atoms with E-state index in [0.717, 1.165) is 0 Å². The highest BCUT2D eigenvalue weighted by Gasteiger charge is 2.22. The summed E-state index contributed by atoms with van der Waals surface area (Å²) >= 11 is 3.04. The van der Waals surface area contributed by atoms with E-state index in [9.17, 15) is 13.2 Å². The summed E-state index contributed by atoms with van der Waals surface area (Å²) in [5, 5.41) is 0. The highest BCUT2D eigenvalue weighted by molar-refractivity contribution is 9.10. The third-order valence-corrected chi connectivity index (χ3v) is 1.91. The van der Waals surface area contributed by atoms with Crippen molar-refractivity contribution in [3.63, 3.8) is 0 Å². The predicted molar refractivity (Wildman–Crippen MR) is 44.6 cm³/mol. The van der Waals surface area contributed by atoms with Gasteiger partial charge in [0.15, 0.2) is 5.75 Å². The Labute approximate surface area is 81.4 Å². The minimum absolute atomic E-state index is 0.0651. The molecule has 0 aromatic carbocycles. The zero-order valence-corrected chi connectivity index (χ0v) is 8.26. The number of rotatable bonds is 3. The number of ether oxygens (including phenoxy) is 1. The number of hydrogen-bond acceptors (Lipinski definition) is 1. The molecule has 1 heterocycles. The Morgan fingerprint density at radius 1 is 1.38 bits per heavy atom. The molecule has 1 aromatic heterocycles. The maximum absolute atomic E-state index is 12.4. The second-order valence-electron chi connectivity index (χ2n) is 2.44.